The first-order valence-electron chi connectivity index (χ1n) is 12.0. The number of hydrogen-bond donors (Lipinski definition) is 0. The van der Waals surface area contributed by atoms with Crippen LogP contribution < -0.4 is 9.80 Å². The van der Waals surface area contributed by atoms with Crippen molar-refractivity contribution in [3.05, 3.63) is 52.2 Å². The highest BCUT2D eigenvalue weighted by atomic mass is 19.4. The van der Waals surface area contributed by atoms with Crippen LogP contribution in [0.5, 0.6) is 0 Å². The monoisotopic (exact) mass is 553 g/mol. The molecule has 1 aliphatic carbocycles. The van der Waals surface area contributed by atoms with Crippen LogP contribution >= 0.6 is 0 Å². The first kappa shape index (κ1) is 26.7. The van der Waals surface area contributed by atoms with Crippen LogP contribution in [0.2, 0.25) is 0 Å². The number of alkyl halides is 6. The van der Waals surface area contributed by atoms with Crippen molar-refractivity contribution in [3.63, 3.8) is 0 Å². The normalized spacial score (nSPS) is 14.3. The molecule has 1 saturated carbocycles. The maximum absolute atomic E-state index is 13.5. The zero-order valence-corrected chi connectivity index (χ0v) is 21.5. The van der Waals surface area contributed by atoms with Crippen LogP contribution in [0.15, 0.2) is 24.3 Å². The SMILES string of the molecule is Cc1nn(C)c2nc(N(C)C3CC3)c(CN(Cc3cc(C(F)(F)F)cc(C(F)(F)F)c3)c3nnn(C)n3)cc12. The standard InChI is InChI=1S/C24H25F6N9/c1-13-19-9-15(20(36(2)18-5-6-18)31-21(19)37(3)33-13)12-39(22-32-35-38(4)34-22)11-14-7-16(23(25,26)27)10-17(8-14)24(28,29)30/h7-10,18H,5-6,11-12H2,1-4H3. The van der Waals surface area contributed by atoms with Gasteiger partial charge in [0.15, 0.2) is 5.65 Å². The van der Waals surface area contributed by atoms with Crippen molar-refractivity contribution in [3.8, 4) is 0 Å². The highest BCUT2D eigenvalue weighted by Gasteiger charge is 2.37. The highest BCUT2D eigenvalue weighted by Crippen LogP contribution is 2.38. The van der Waals surface area contributed by atoms with Gasteiger partial charge in [-0.25, -0.2) is 4.98 Å². The van der Waals surface area contributed by atoms with E-state index in [9.17, 15) is 26.3 Å². The average Bonchev–Trinajstić information content (AvgIpc) is 3.55. The zero-order chi connectivity index (χ0) is 28.3. The van der Waals surface area contributed by atoms with E-state index in [4.69, 9.17) is 4.98 Å². The van der Waals surface area contributed by atoms with E-state index in [2.05, 4.69) is 20.5 Å². The quantitative estimate of drug-likeness (QED) is 0.309. The lowest BCUT2D eigenvalue weighted by Crippen LogP contribution is -2.28. The van der Waals surface area contributed by atoms with Crippen LogP contribution in [0.3, 0.4) is 0 Å². The molecule has 1 aromatic carbocycles. The smallest absolute Gasteiger partial charge is 0.356 e. The summed E-state index contributed by atoms with van der Waals surface area (Å²) >= 11 is 0. The maximum atomic E-state index is 13.5. The van der Waals surface area contributed by atoms with Gasteiger partial charge in [0.25, 0.3) is 5.95 Å². The molecule has 1 aliphatic rings. The summed E-state index contributed by atoms with van der Waals surface area (Å²) in [5.41, 5.74) is -0.878. The fourth-order valence-electron chi connectivity index (χ4n) is 4.57. The predicted molar refractivity (Wildman–Crippen MR) is 130 cm³/mol. The summed E-state index contributed by atoms with van der Waals surface area (Å²) in [6.07, 6.45) is -7.95. The third kappa shape index (κ3) is 5.47. The Bertz CT molecular complexity index is 1480. The molecule has 0 saturated heterocycles. The molecule has 0 radical (unpaired) electrons. The zero-order valence-electron chi connectivity index (χ0n) is 21.5. The van der Waals surface area contributed by atoms with E-state index in [0.29, 0.717) is 29.2 Å². The van der Waals surface area contributed by atoms with E-state index in [1.165, 1.54) is 16.7 Å². The molecule has 3 heterocycles. The molecule has 0 amide bonds. The predicted octanol–water partition coefficient (Wildman–Crippen LogP) is 4.64. The number of tetrazole rings is 1. The molecule has 0 atom stereocenters. The number of halogens is 6. The number of nitrogens with zero attached hydrogens (tertiary/aromatic N) is 9. The maximum Gasteiger partial charge on any atom is 0.416 e. The Morgan fingerprint density at radius 3 is 2.10 bits per heavy atom. The van der Waals surface area contributed by atoms with Crippen LogP contribution in [0.4, 0.5) is 38.1 Å². The van der Waals surface area contributed by atoms with Gasteiger partial charge in [0.2, 0.25) is 0 Å². The Morgan fingerprint density at radius 2 is 1.56 bits per heavy atom. The number of fused-ring (bicyclic) bond motifs is 1. The first-order chi connectivity index (χ1) is 18.2. The number of benzene rings is 1. The summed E-state index contributed by atoms with van der Waals surface area (Å²) in [5.74, 6) is 0.688. The van der Waals surface area contributed by atoms with E-state index in [-0.39, 0.29) is 36.7 Å². The number of aryl methyl sites for hydroxylation is 3. The van der Waals surface area contributed by atoms with Gasteiger partial charge in [0.05, 0.1) is 23.9 Å². The molecule has 0 unspecified atom stereocenters. The molecule has 0 bridgehead atoms. The summed E-state index contributed by atoms with van der Waals surface area (Å²) in [7, 11) is 5.20. The largest absolute Gasteiger partial charge is 0.416 e. The van der Waals surface area contributed by atoms with Gasteiger partial charge in [-0.3, -0.25) is 4.68 Å². The van der Waals surface area contributed by atoms with Gasteiger partial charge >= 0.3 is 12.4 Å². The summed E-state index contributed by atoms with van der Waals surface area (Å²) in [6, 6.07) is 3.71. The van der Waals surface area contributed by atoms with Crippen LogP contribution in [0.25, 0.3) is 11.0 Å². The Labute approximate surface area is 219 Å². The van der Waals surface area contributed by atoms with Crippen molar-refractivity contribution < 1.29 is 26.3 Å². The molecule has 1 fully saturated rings. The minimum Gasteiger partial charge on any atom is -0.356 e. The van der Waals surface area contributed by atoms with Gasteiger partial charge < -0.3 is 9.80 Å². The molecule has 4 aromatic rings. The van der Waals surface area contributed by atoms with Crippen molar-refractivity contribution in [1.29, 1.82) is 0 Å². The van der Waals surface area contributed by atoms with Crippen LogP contribution in [0.1, 0.15) is 40.8 Å². The summed E-state index contributed by atoms with van der Waals surface area (Å²) in [5, 5.41) is 17.2. The Morgan fingerprint density at radius 1 is 0.923 bits per heavy atom. The lowest BCUT2D eigenvalue weighted by atomic mass is 10.0. The van der Waals surface area contributed by atoms with Gasteiger partial charge in [-0.1, -0.05) is 5.10 Å². The van der Waals surface area contributed by atoms with E-state index in [1.54, 1.807) is 11.7 Å². The van der Waals surface area contributed by atoms with Gasteiger partial charge in [-0.15, -0.1) is 5.10 Å². The van der Waals surface area contributed by atoms with Crippen LogP contribution in [-0.2, 0) is 39.5 Å². The number of pyridine rings is 1. The molecular formula is C24H25F6N9. The summed E-state index contributed by atoms with van der Waals surface area (Å²) < 4.78 is 82.8. The third-order valence-electron chi connectivity index (χ3n) is 6.65. The van der Waals surface area contributed by atoms with Gasteiger partial charge in [0, 0.05) is 44.2 Å². The summed E-state index contributed by atoms with van der Waals surface area (Å²) in [6.45, 7) is 1.55. The van der Waals surface area contributed by atoms with Crippen molar-refractivity contribution in [2.45, 2.75) is 51.2 Å². The second-order valence-electron chi connectivity index (χ2n) is 9.74. The molecule has 208 valence electrons. The number of hydrogen-bond acceptors (Lipinski definition) is 7. The second-order valence-corrected chi connectivity index (χ2v) is 9.74. The first-order valence-corrected chi connectivity index (χ1v) is 12.0. The molecule has 0 N–H and O–H groups in total. The van der Waals surface area contributed by atoms with E-state index in [1.807, 2.05) is 24.9 Å². The average molecular weight is 554 g/mol. The highest BCUT2D eigenvalue weighted by molar-refractivity contribution is 5.82. The molecule has 39 heavy (non-hydrogen) atoms. The van der Waals surface area contributed by atoms with E-state index < -0.39 is 23.5 Å². The minimum atomic E-state index is -4.96. The molecule has 0 aliphatic heterocycles. The molecule has 9 nitrogen and oxygen atoms in total. The molecule has 3 aromatic heterocycles. The topological polar surface area (TPSA) is 80.8 Å². The fraction of sp³-hybridized carbons (Fsp3) is 0.458. The van der Waals surface area contributed by atoms with Crippen LogP contribution in [-0.4, -0.2) is 48.1 Å². The van der Waals surface area contributed by atoms with E-state index in [0.717, 1.165) is 23.9 Å². The van der Waals surface area contributed by atoms with Gasteiger partial charge in [-0.05, 0) is 54.8 Å². The third-order valence-corrected chi connectivity index (χ3v) is 6.65. The van der Waals surface area contributed by atoms with E-state index >= 15 is 0 Å². The van der Waals surface area contributed by atoms with Crippen LogP contribution in [0, 0.1) is 6.92 Å². The Hall–Kier alpha value is -3.91. The van der Waals surface area contributed by atoms with Gasteiger partial charge in [0.1, 0.15) is 5.82 Å². The summed E-state index contributed by atoms with van der Waals surface area (Å²) in [4.78, 5) is 9.54. The molecule has 0 spiro atoms. The molecule has 5 rings (SSSR count). The van der Waals surface area contributed by atoms with Crippen molar-refractivity contribution in [2.24, 2.45) is 14.1 Å². The lowest BCUT2D eigenvalue weighted by molar-refractivity contribution is -0.143. The van der Waals surface area contributed by atoms with Crippen molar-refractivity contribution in [2.75, 3.05) is 16.8 Å². The minimum absolute atomic E-state index is 0.0477. The van der Waals surface area contributed by atoms with Crippen molar-refractivity contribution >= 4 is 22.8 Å². The number of aromatic nitrogens is 7. The number of anilines is 2. The molecular weight excluding hydrogens is 528 g/mol. The van der Waals surface area contributed by atoms with Crippen molar-refractivity contribution in [1.82, 2.24) is 35.0 Å². The Balaban J connectivity index is 1.60. The molecule has 15 heteroatoms. The Kier molecular flexibility index (Phi) is 6.42. The number of rotatable bonds is 7. The second kappa shape index (κ2) is 9.38. The van der Waals surface area contributed by atoms with Gasteiger partial charge in [-0.2, -0.15) is 36.2 Å². The fourth-order valence-corrected chi connectivity index (χ4v) is 4.57. The lowest BCUT2D eigenvalue weighted by Gasteiger charge is -2.26.